The van der Waals surface area contributed by atoms with E-state index in [0.717, 1.165) is 23.9 Å². The molecule has 0 spiro atoms. The molecule has 4 aromatic rings. The molecule has 1 amide bonds. The Morgan fingerprint density at radius 3 is 2.68 bits per heavy atom. The molecular formula is C22H20F3N5O3S. The minimum absolute atomic E-state index is 0.220. The second-order valence-corrected chi connectivity index (χ2v) is 8.72. The highest BCUT2D eigenvalue weighted by molar-refractivity contribution is 8.00. The average molecular weight is 491 g/mol. The lowest BCUT2D eigenvalue weighted by atomic mass is 10.2. The van der Waals surface area contributed by atoms with Crippen LogP contribution in [0, 0.1) is 17.5 Å². The van der Waals surface area contributed by atoms with Crippen LogP contribution in [0.15, 0.2) is 46.3 Å². The van der Waals surface area contributed by atoms with Crippen LogP contribution in [0.1, 0.15) is 13.3 Å². The van der Waals surface area contributed by atoms with Gasteiger partial charge in [0.1, 0.15) is 0 Å². The Kier molecular flexibility index (Phi) is 6.89. The fourth-order valence-electron chi connectivity index (χ4n) is 3.45. The molecule has 2 aromatic carbocycles. The molecule has 34 heavy (non-hydrogen) atoms. The van der Waals surface area contributed by atoms with Gasteiger partial charge in [0, 0.05) is 20.3 Å². The van der Waals surface area contributed by atoms with Crippen molar-refractivity contribution in [1.29, 1.82) is 0 Å². The maximum Gasteiger partial charge on any atom is 0.262 e. The first kappa shape index (κ1) is 23.8. The number of para-hydroxylation sites is 1. The standard InChI is InChI=1S/C22H20F3N5O3S/c1-12(19(31)26-15-9-8-14(23)17(24)18(15)25)34-22-28-27-21-29(10-5-11-33-2)20(32)13-6-3-4-7-16(13)30(21)22/h3-4,6-9,12H,5,10-11H2,1-2H3,(H,26,31). The first-order chi connectivity index (χ1) is 16.3. The molecule has 0 aliphatic rings. The number of thioether (sulfide) groups is 1. The van der Waals surface area contributed by atoms with Crippen LogP contribution in [0.25, 0.3) is 16.7 Å². The summed E-state index contributed by atoms with van der Waals surface area (Å²) in [5.41, 5.74) is -0.125. The van der Waals surface area contributed by atoms with Crippen molar-refractivity contribution in [2.75, 3.05) is 19.0 Å². The second kappa shape index (κ2) is 9.85. The van der Waals surface area contributed by atoms with Crippen molar-refractivity contribution in [3.63, 3.8) is 0 Å². The zero-order valence-corrected chi connectivity index (χ0v) is 19.0. The molecule has 0 radical (unpaired) electrons. The highest BCUT2D eigenvalue weighted by Crippen LogP contribution is 2.27. The van der Waals surface area contributed by atoms with Crippen LogP contribution in [-0.4, -0.2) is 44.0 Å². The number of methoxy groups -OCH3 is 1. The minimum Gasteiger partial charge on any atom is -0.385 e. The Labute approximate surface area is 195 Å². The molecule has 1 N–H and O–H groups in total. The molecule has 4 rings (SSSR count). The fraction of sp³-hybridized carbons (Fsp3) is 0.273. The Morgan fingerprint density at radius 2 is 1.91 bits per heavy atom. The van der Waals surface area contributed by atoms with Gasteiger partial charge < -0.3 is 10.1 Å². The van der Waals surface area contributed by atoms with Gasteiger partial charge in [-0.15, -0.1) is 10.2 Å². The Morgan fingerprint density at radius 1 is 1.15 bits per heavy atom. The van der Waals surface area contributed by atoms with Crippen molar-refractivity contribution in [1.82, 2.24) is 19.2 Å². The third kappa shape index (κ3) is 4.38. The van der Waals surface area contributed by atoms with Crippen molar-refractivity contribution in [2.24, 2.45) is 0 Å². The predicted molar refractivity (Wildman–Crippen MR) is 122 cm³/mol. The molecule has 12 heteroatoms. The smallest absolute Gasteiger partial charge is 0.262 e. The molecule has 0 fully saturated rings. The third-order valence-corrected chi connectivity index (χ3v) is 6.20. The first-order valence-corrected chi connectivity index (χ1v) is 11.2. The van der Waals surface area contributed by atoms with Crippen molar-refractivity contribution < 1.29 is 22.7 Å². The minimum atomic E-state index is -1.67. The van der Waals surface area contributed by atoms with Gasteiger partial charge in [0.2, 0.25) is 11.7 Å². The fourth-order valence-corrected chi connectivity index (χ4v) is 4.30. The number of aryl methyl sites for hydroxylation is 1. The van der Waals surface area contributed by atoms with E-state index in [1.807, 2.05) is 0 Å². The van der Waals surface area contributed by atoms with E-state index in [4.69, 9.17) is 4.74 Å². The molecule has 2 aromatic heterocycles. The van der Waals surface area contributed by atoms with Gasteiger partial charge in [0.05, 0.1) is 21.8 Å². The molecule has 0 aliphatic carbocycles. The van der Waals surface area contributed by atoms with E-state index in [1.54, 1.807) is 42.7 Å². The molecule has 0 saturated heterocycles. The van der Waals surface area contributed by atoms with Crippen LogP contribution < -0.4 is 10.9 Å². The van der Waals surface area contributed by atoms with Gasteiger partial charge in [-0.1, -0.05) is 23.9 Å². The maximum absolute atomic E-state index is 14.0. The lowest BCUT2D eigenvalue weighted by Gasteiger charge is -2.14. The summed E-state index contributed by atoms with van der Waals surface area (Å²) in [7, 11) is 1.57. The number of fused-ring (bicyclic) bond motifs is 3. The topological polar surface area (TPSA) is 90.5 Å². The Bertz CT molecular complexity index is 1440. The number of aromatic nitrogens is 4. The van der Waals surface area contributed by atoms with Crippen molar-refractivity contribution in [2.45, 2.75) is 30.3 Å². The van der Waals surface area contributed by atoms with Gasteiger partial charge >= 0.3 is 0 Å². The van der Waals surface area contributed by atoms with Crippen LogP contribution >= 0.6 is 11.8 Å². The number of benzene rings is 2. The van der Waals surface area contributed by atoms with Crippen LogP contribution in [-0.2, 0) is 16.1 Å². The summed E-state index contributed by atoms with van der Waals surface area (Å²) in [4.78, 5) is 25.7. The van der Waals surface area contributed by atoms with Crippen molar-refractivity contribution in [3.05, 3.63) is 64.2 Å². The zero-order chi connectivity index (χ0) is 24.4. The number of anilines is 1. The van der Waals surface area contributed by atoms with E-state index in [0.29, 0.717) is 41.4 Å². The second-order valence-electron chi connectivity index (χ2n) is 7.41. The number of nitrogens with zero attached hydrogens (tertiary/aromatic N) is 4. The Balaban J connectivity index is 1.68. The molecule has 0 bridgehead atoms. The van der Waals surface area contributed by atoms with Crippen LogP contribution in [0.4, 0.5) is 18.9 Å². The number of halogens is 3. The predicted octanol–water partition coefficient (Wildman–Crippen LogP) is 3.62. The van der Waals surface area contributed by atoms with E-state index in [9.17, 15) is 22.8 Å². The van der Waals surface area contributed by atoms with Crippen LogP contribution in [0.5, 0.6) is 0 Å². The summed E-state index contributed by atoms with van der Waals surface area (Å²) < 4.78 is 48.9. The van der Waals surface area contributed by atoms with E-state index in [2.05, 4.69) is 15.5 Å². The summed E-state index contributed by atoms with van der Waals surface area (Å²) in [6, 6.07) is 8.64. The van der Waals surface area contributed by atoms with Gasteiger partial charge in [0.15, 0.2) is 22.6 Å². The lowest BCUT2D eigenvalue weighted by molar-refractivity contribution is -0.115. The molecule has 1 atom stereocenters. The largest absolute Gasteiger partial charge is 0.385 e. The number of nitrogens with one attached hydrogen (secondary N) is 1. The molecular weight excluding hydrogens is 471 g/mol. The molecule has 0 aliphatic heterocycles. The number of ether oxygens (including phenoxy) is 1. The summed E-state index contributed by atoms with van der Waals surface area (Å²) in [6.07, 6.45) is 0.582. The van der Waals surface area contributed by atoms with Gasteiger partial charge in [-0.05, 0) is 37.6 Å². The number of carbonyl (C=O) groups is 1. The van der Waals surface area contributed by atoms with E-state index in [1.165, 1.54) is 4.57 Å². The normalized spacial score (nSPS) is 12.4. The lowest BCUT2D eigenvalue weighted by Crippen LogP contribution is -2.25. The molecule has 178 valence electrons. The molecule has 2 heterocycles. The van der Waals surface area contributed by atoms with E-state index >= 15 is 0 Å². The van der Waals surface area contributed by atoms with Gasteiger partial charge in [-0.2, -0.15) is 0 Å². The molecule has 1 unspecified atom stereocenters. The quantitative estimate of drug-likeness (QED) is 0.230. The zero-order valence-electron chi connectivity index (χ0n) is 18.2. The molecule has 8 nitrogen and oxygen atoms in total. The SMILES string of the molecule is COCCCn1c(=O)c2ccccc2n2c(SC(C)C(=O)Nc3ccc(F)c(F)c3F)nnc12. The van der Waals surface area contributed by atoms with Crippen molar-refractivity contribution in [3.8, 4) is 0 Å². The number of hydrogen-bond acceptors (Lipinski definition) is 6. The average Bonchev–Trinajstić information content (AvgIpc) is 3.25. The third-order valence-electron chi connectivity index (χ3n) is 5.15. The summed E-state index contributed by atoms with van der Waals surface area (Å²) in [5.74, 6) is -4.84. The maximum atomic E-state index is 14.0. The number of amides is 1. The summed E-state index contributed by atoms with van der Waals surface area (Å²) in [5, 5.41) is 10.6. The van der Waals surface area contributed by atoms with E-state index < -0.39 is 34.3 Å². The number of hydrogen-bond donors (Lipinski definition) is 1. The van der Waals surface area contributed by atoms with Gasteiger partial charge in [-0.25, -0.2) is 13.2 Å². The summed E-state index contributed by atoms with van der Waals surface area (Å²) in [6.45, 7) is 2.36. The van der Waals surface area contributed by atoms with Crippen LogP contribution in [0.3, 0.4) is 0 Å². The van der Waals surface area contributed by atoms with Gasteiger partial charge in [-0.3, -0.25) is 18.6 Å². The number of rotatable bonds is 8. The first-order valence-electron chi connectivity index (χ1n) is 10.3. The monoisotopic (exact) mass is 491 g/mol. The van der Waals surface area contributed by atoms with Crippen molar-refractivity contribution >= 4 is 40.0 Å². The van der Waals surface area contributed by atoms with Crippen LogP contribution in [0.2, 0.25) is 0 Å². The summed E-state index contributed by atoms with van der Waals surface area (Å²) >= 11 is 1.03. The van der Waals surface area contributed by atoms with E-state index in [-0.39, 0.29) is 5.56 Å². The van der Waals surface area contributed by atoms with Gasteiger partial charge in [0.25, 0.3) is 5.56 Å². The molecule has 0 saturated carbocycles. The Hall–Kier alpha value is -3.38. The highest BCUT2D eigenvalue weighted by atomic mass is 32.2. The highest BCUT2D eigenvalue weighted by Gasteiger charge is 2.23. The number of carbonyl (C=O) groups excluding carboxylic acids is 1.